The molecule has 1 rings (SSSR count). The van der Waals surface area contributed by atoms with E-state index in [-0.39, 0.29) is 19.0 Å². The Morgan fingerprint density at radius 1 is 1.40 bits per heavy atom. The quantitative estimate of drug-likeness (QED) is 0.847. The number of thioether (sulfide) groups is 1. The molecule has 0 radical (unpaired) electrons. The summed E-state index contributed by atoms with van der Waals surface area (Å²) in [5.74, 6) is -0.888. The molecule has 7 heteroatoms. The monoisotopic (exact) mass is 258 g/mol. The van der Waals surface area contributed by atoms with Crippen LogP contribution in [0.4, 0.5) is 13.2 Å². The second kappa shape index (κ2) is 6.19. The molecule has 0 amide bonds. The van der Waals surface area contributed by atoms with Crippen molar-refractivity contribution in [3.63, 3.8) is 0 Å². The lowest BCUT2D eigenvalue weighted by Crippen LogP contribution is -2.10. The summed E-state index contributed by atoms with van der Waals surface area (Å²) in [6.07, 6.45) is -2.68. The lowest BCUT2D eigenvalue weighted by molar-refractivity contribution is -0.105. The van der Waals surface area contributed by atoms with Gasteiger partial charge in [0, 0.05) is 17.6 Å². The summed E-state index contributed by atoms with van der Waals surface area (Å²) >= 11 is 0.736. The summed E-state index contributed by atoms with van der Waals surface area (Å²) in [5, 5.41) is 0. The van der Waals surface area contributed by atoms with Crippen molar-refractivity contribution < 1.29 is 13.2 Å². The zero-order chi connectivity index (χ0) is 10.6. The molecule has 1 aromatic rings. The first-order valence-electron chi connectivity index (χ1n) is 3.86. The summed E-state index contributed by atoms with van der Waals surface area (Å²) in [4.78, 5) is 4.42. The van der Waals surface area contributed by atoms with E-state index in [0.29, 0.717) is 10.6 Å². The molecule has 2 nitrogen and oxygen atoms in total. The number of nitrogens with two attached hydrogens (primary N) is 1. The average molecular weight is 259 g/mol. The number of pyridine rings is 1. The standard InChI is InChI=1S/C8H9F3N2S.ClH/c9-8(10,11)5-14-7-1-2-13-6(3-7)4-12;/h1-3H,4-5,12H2;1H. The minimum atomic E-state index is -4.14. The van der Waals surface area contributed by atoms with E-state index >= 15 is 0 Å². The third-order valence-electron chi connectivity index (χ3n) is 1.40. The smallest absolute Gasteiger partial charge is 0.325 e. The summed E-state index contributed by atoms with van der Waals surface area (Å²) in [5.41, 5.74) is 5.90. The van der Waals surface area contributed by atoms with Crippen molar-refractivity contribution in [2.45, 2.75) is 17.6 Å². The third kappa shape index (κ3) is 5.86. The van der Waals surface area contributed by atoms with Crippen LogP contribution in [0.15, 0.2) is 23.2 Å². The number of rotatable bonds is 3. The van der Waals surface area contributed by atoms with Gasteiger partial charge in [-0.25, -0.2) is 0 Å². The number of hydrogen-bond acceptors (Lipinski definition) is 3. The molecule has 2 N–H and O–H groups in total. The van der Waals surface area contributed by atoms with Gasteiger partial charge in [-0.3, -0.25) is 4.98 Å². The molecule has 0 aliphatic heterocycles. The van der Waals surface area contributed by atoms with Crippen molar-refractivity contribution in [3.8, 4) is 0 Å². The van der Waals surface area contributed by atoms with Crippen LogP contribution < -0.4 is 5.73 Å². The van der Waals surface area contributed by atoms with Gasteiger partial charge in [0.05, 0.1) is 11.4 Å². The van der Waals surface area contributed by atoms with E-state index in [2.05, 4.69) is 4.98 Å². The maximum atomic E-state index is 11.9. The molecule has 15 heavy (non-hydrogen) atoms. The number of hydrogen-bond donors (Lipinski definition) is 1. The molecular formula is C8H10ClF3N2S. The summed E-state index contributed by atoms with van der Waals surface area (Å²) in [6.45, 7) is 0.237. The minimum Gasteiger partial charge on any atom is -0.325 e. The average Bonchev–Trinajstić information content (AvgIpc) is 2.14. The van der Waals surface area contributed by atoms with Gasteiger partial charge in [-0.2, -0.15) is 13.2 Å². The van der Waals surface area contributed by atoms with Crippen molar-refractivity contribution in [1.29, 1.82) is 0 Å². The fourth-order valence-corrected chi connectivity index (χ4v) is 1.53. The number of nitrogens with zero attached hydrogens (tertiary/aromatic N) is 1. The maximum absolute atomic E-state index is 11.9. The summed E-state index contributed by atoms with van der Waals surface area (Å²) in [7, 11) is 0. The van der Waals surface area contributed by atoms with Gasteiger partial charge in [-0.05, 0) is 12.1 Å². The third-order valence-corrected chi connectivity index (χ3v) is 2.46. The number of halogens is 4. The van der Waals surface area contributed by atoms with E-state index in [1.54, 1.807) is 6.07 Å². The Balaban J connectivity index is 0.00000196. The van der Waals surface area contributed by atoms with Crippen molar-refractivity contribution in [2.75, 3.05) is 5.75 Å². The van der Waals surface area contributed by atoms with Gasteiger partial charge in [0.2, 0.25) is 0 Å². The van der Waals surface area contributed by atoms with Gasteiger partial charge < -0.3 is 5.73 Å². The Morgan fingerprint density at radius 2 is 2.07 bits per heavy atom. The minimum absolute atomic E-state index is 0. The van der Waals surface area contributed by atoms with Gasteiger partial charge >= 0.3 is 6.18 Å². The highest BCUT2D eigenvalue weighted by Crippen LogP contribution is 2.26. The number of aromatic nitrogens is 1. The highest BCUT2D eigenvalue weighted by atomic mass is 35.5. The van der Waals surface area contributed by atoms with Crippen LogP contribution in [0.3, 0.4) is 0 Å². The molecule has 0 saturated carbocycles. The van der Waals surface area contributed by atoms with Crippen LogP contribution in [0, 0.1) is 0 Å². The largest absolute Gasteiger partial charge is 0.398 e. The summed E-state index contributed by atoms with van der Waals surface area (Å²) in [6, 6.07) is 3.10. The Hall–Kier alpha value is -0.460. The topological polar surface area (TPSA) is 38.9 Å². The van der Waals surface area contributed by atoms with Gasteiger partial charge in [-0.1, -0.05) is 0 Å². The normalized spacial score (nSPS) is 10.9. The zero-order valence-electron chi connectivity index (χ0n) is 7.62. The second-order valence-corrected chi connectivity index (χ2v) is 3.64. The van der Waals surface area contributed by atoms with Crippen LogP contribution in [0.2, 0.25) is 0 Å². The van der Waals surface area contributed by atoms with Crippen molar-refractivity contribution >= 4 is 24.2 Å². The van der Waals surface area contributed by atoms with E-state index in [9.17, 15) is 13.2 Å². The molecule has 86 valence electrons. The van der Waals surface area contributed by atoms with E-state index in [0.717, 1.165) is 11.8 Å². The Bertz CT molecular complexity index is 306. The highest BCUT2D eigenvalue weighted by molar-refractivity contribution is 7.99. The fourth-order valence-electron chi connectivity index (χ4n) is 0.823. The molecule has 1 aromatic heterocycles. The SMILES string of the molecule is Cl.NCc1cc(SCC(F)(F)F)ccn1. The molecule has 0 aromatic carbocycles. The van der Waals surface area contributed by atoms with Crippen LogP contribution in [-0.4, -0.2) is 16.9 Å². The molecule has 0 atom stereocenters. The van der Waals surface area contributed by atoms with Crippen molar-refractivity contribution in [3.05, 3.63) is 24.0 Å². The molecule has 0 spiro atoms. The van der Waals surface area contributed by atoms with Crippen LogP contribution in [0.5, 0.6) is 0 Å². The van der Waals surface area contributed by atoms with Crippen LogP contribution in [0.1, 0.15) is 5.69 Å². The molecule has 1 heterocycles. The first kappa shape index (κ1) is 14.5. The first-order valence-corrected chi connectivity index (χ1v) is 4.84. The maximum Gasteiger partial charge on any atom is 0.398 e. The molecule has 0 fully saturated rings. The van der Waals surface area contributed by atoms with Gasteiger partial charge in [0.15, 0.2) is 0 Å². The van der Waals surface area contributed by atoms with E-state index in [1.807, 2.05) is 0 Å². The predicted molar refractivity (Wildman–Crippen MR) is 56.2 cm³/mol. The Morgan fingerprint density at radius 3 is 2.60 bits per heavy atom. The van der Waals surface area contributed by atoms with Gasteiger partial charge in [-0.15, -0.1) is 24.2 Å². The second-order valence-electron chi connectivity index (χ2n) is 2.59. The van der Waals surface area contributed by atoms with Crippen molar-refractivity contribution in [1.82, 2.24) is 4.98 Å². The Kier molecular flexibility index (Phi) is 6.00. The number of alkyl halides is 3. The van der Waals surface area contributed by atoms with Gasteiger partial charge in [0.1, 0.15) is 0 Å². The van der Waals surface area contributed by atoms with Crippen LogP contribution in [-0.2, 0) is 6.54 Å². The van der Waals surface area contributed by atoms with Crippen LogP contribution in [0.25, 0.3) is 0 Å². The molecule has 0 saturated heterocycles. The van der Waals surface area contributed by atoms with E-state index < -0.39 is 11.9 Å². The lowest BCUT2D eigenvalue weighted by atomic mass is 10.3. The van der Waals surface area contributed by atoms with Gasteiger partial charge in [0.25, 0.3) is 0 Å². The van der Waals surface area contributed by atoms with E-state index in [1.165, 1.54) is 12.3 Å². The zero-order valence-corrected chi connectivity index (χ0v) is 9.25. The molecule has 0 aliphatic rings. The molecule has 0 unspecified atom stereocenters. The summed E-state index contributed by atoms with van der Waals surface area (Å²) < 4.78 is 35.6. The Labute approximate surface area is 95.9 Å². The lowest BCUT2D eigenvalue weighted by Gasteiger charge is -2.06. The van der Waals surface area contributed by atoms with E-state index in [4.69, 9.17) is 5.73 Å². The van der Waals surface area contributed by atoms with Crippen LogP contribution >= 0.6 is 24.2 Å². The molecule has 0 bridgehead atoms. The fraction of sp³-hybridized carbons (Fsp3) is 0.375. The predicted octanol–water partition coefficient (Wildman–Crippen LogP) is 2.62. The molecule has 0 aliphatic carbocycles. The molecular weight excluding hydrogens is 249 g/mol. The first-order chi connectivity index (χ1) is 6.51. The van der Waals surface area contributed by atoms with Crippen molar-refractivity contribution in [2.24, 2.45) is 5.73 Å². The highest BCUT2D eigenvalue weighted by Gasteiger charge is 2.27.